The summed E-state index contributed by atoms with van der Waals surface area (Å²) in [4.78, 5) is 28.9. The summed E-state index contributed by atoms with van der Waals surface area (Å²) in [6.07, 6.45) is 4.32. The minimum Gasteiger partial charge on any atom is -0.493 e. The molecule has 2 heterocycles. The molecule has 2 aromatic heterocycles. The number of pyridine rings is 1. The van der Waals surface area contributed by atoms with Gasteiger partial charge in [-0.2, -0.15) is 0 Å². The van der Waals surface area contributed by atoms with E-state index in [1.165, 1.54) is 36.0 Å². The number of carboxylic acids is 1. The lowest BCUT2D eigenvalue weighted by molar-refractivity contribution is 0.0696. The summed E-state index contributed by atoms with van der Waals surface area (Å²) in [5.41, 5.74) is 0.429. The second kappa shape index (κ2) is 9.61. The molecule has 1 aromatic carbocycles. The van der Waals surface area contributed by atoms with Gasteiger partial charge in [0.05, 0.1) is 18.8 Å². The van der Waals surface area contributed by atoms with Gasteiger partial charge in [0.15, 0.2) is 0 Å². The van der Waals surface area contributed by atoms with Crippen LogP contribution >= 0.6 is 11.3 Å². The highest BCUT2D eigenvalue weighted by atomic mass is 32.1. The summed E-state index contributed by atoms with van der Waals surface area (Å²) in [6, 6.07) is 12.0. The van der Waals surface area contributed by atoms with Gasteiger partial charge in [0, 0.05) is 29.1 Å². The number of rotatable bonds is 10. The third-order valence-electron chi connectivity index (χ3n) is 4.77. The molecule has 1 aliphatic rings. The van der Waals surface area contributed by atoms with Crippen molar-refractivity contribution in [2.75, 3.05) is 18.5 Å². The van der Waals surface area contributed by atoms with Gasteiger partial charge in [0.25, 0.3) is 5.91 Å². The van der Waals surface area contributed by atoms with Gasteiger partial charge in [-0.25, -0.2) is 9.78 Å². The summed E-state index contributed by atoms with van der Waals surface area (Å²) in [6.45, 7) is 1.11. The predicted molar refractivity (Wildman–Crippen MR) is 117 cm³/mol. The summed E-state index contributed by atoms with van der Waals surface area (Å²) in [7, 11) is 0. The molecule has 7 nitrogen and oxygen atoms in total. The molecule has 0 bridgehead atoms. The number of nitrogens with zero attached hydrogens (tertiary/aromatic N) is 1. The van der Waals surface area contributed by atoms with Crippen molar-refractivity contribution in [3.05, 3.63) is 70.0 Å². The number of thiophene rings is 1. The number of amides is 1. The number of nitrogens with one attached hydrogen (secondary N) is 1. The quantitative estimate of drug-likeness (QED) is 0.484. The summed E-state index contributed by atoms with van der Waals surface area (Å²) >= 11 is 1.68. The van der Waals surface area contributed by atoms with Crippen molar-refractivity contribution in [1.82, 2.24) is 4.98 Å². The zero-order chi connectivity index (χ0) is 21.6. The normalized spacial score (nSPS) is 12.9. The van der Waals surface area contributed by atoms with E-state index in [1.54, 1.807) is 29.5 Å². The van der Waals surface area contributed by atoms with Gasteiger partial charge >= 0.3 is 5.97 Å². The molecular formula is C23H22N2O5S. The first-order chi connectivity index (χ1) is 15.1. The summed E-state index contributed by atoms with van der Waals surface area (Å²) < 4.78 is 11.8. The van der Waals surface area contributed by atoms with Crippen LogP contribution in [0.15, 0.2) is 54.0 Å². The number of aromatic nitrogens is 1. The Bertz CT molecular complexity index is 1050. The molecular weight excluding hydrogens is 416 g/mol. The lowest BCUT2D eigenvalue weighted by atomic mass is 10.2. The van der Waals surface area contributed by atoms with Gasteiger partial charge in [-0.05, 0) is 54.5 Å². The van der Waals surface area contributed by atoms with Crippen LogP contribution in [0.1, 0.15) is 38.4 Å². The van der Waals surface area contributed by atoms with Gasteiger partial charge in [-0.15, -0.1) is 11.3 Å². The number of benzene rings is 1. The minimum atomic E-state index is -1.07. The predicted octanol–water partition coefficient (Wildman–Crippen LogP) is 4.50. The van der Waals surface area contributed by atoms with E-state index in [0.29, 0.717) is 36.2 Å². The molecule has 31 heavy (non-hydrogen) atoms. The number of aromatic carboxylic acids is 1. The average Bonchev–Trinajstić information content (AvgIpc) is 3.46. The van der Waals surface area contributed by atoms with Gasteiger partial charge in [0.2, 0.25) is 0 Å². The first kappa shape index (κ1) is 20.9. The van der Waals surface area contributed by atoms with E-state index in [2.05, 4.69) is 16.4 Å². The van der Waals surface area contributed by atoms with Crippen molar-refractivity contribution in [3.63, 3.8) is 0 Å². The smallest absolute Gasteiger partial charge is 0.337 e. The molecule has 1 fully saturated rings. The van der Waals surface area contributed by atoms with E-state index in [-0.39, 0.29) is 17.3 Å². The standard InChI is InChI=1S/C23H22N2O5S/c26-22(25-21-6-5-16(13-24-21)23(27)28)17-10-18(29-8-7-20-2-1-9-31-20)12-19(11-17)30-14-15-3-4-15/h1-2,5-6,9-13,15H,3-4,7-8,14H2,(H,27,28)(H,24,25,26). The zero-order valence-electron chi connectivity index (χ0n) is 16.7. The number of carbonyl (C=O) groups excluding carboxylic acids is 1. The Kier molecular flexibility index (Phi) is 6.47. The lowest BCUT2D eigenvalue weighted by Crippen LogP contribution is -2.14. The molecule has 4 rings (SSSR count). The molecule has 0 saturated heterocycles. The van der Waals surface area contributed by atoms with Crippen LogP contribution in [0.25, 0.3) is 0 Å². The van der Waals surface area contributed by atoms with Gasteiger partial charge < -0.3 is 19.9 Å². The molecule has 0 aliphatic heterocycles. The molecule has 3 aromatic rings. The molecule has 0 spiro atoms. The van der Waals surface area contributed by atoms with Crippen molar-refractivity contribution in [2.45, 2.75) is 19.3 Å². The van der Waals surface area contributed by atoms with Crippen molar-refractivity contribution >= 4 is 29.0 Å². The maximum absolute atomic E-state index is 12.8. The van der Waals surface area contributed by atoms with Gasteiger partial charge in [0.1, 0.15) is 17.3 Å². The fraction of sp³-hybridized carbons (Fsp3) is 0.261. The SMILES string of the molecule is O=C(O)c1ccc(NC(=O)c2cc(OCCc3cccs3)cc(OCC3CC3)c2)nc1. The van der Waals surface area contributed by atoms with Crippen LogP contribution in [-0.4, -0.2) is 35.2 Å². The Labute approximate surface area is 183 Å². The van der Waals surface area contributed by atoms with Crippen LogP contribution < -0.4 is 14.8 Å². The Morgan fingerprint density at radius 3 is 2.55 bits per heavy atom. The van der Waals surface area contributed by atoms with Crippen LogP contribution in [-0.2, 0) is 6.42 Å². The van der Waals surface area contributed by atoms with Crippen molar-refractivity contribution in [1.29, 1.82) is 0 Å². The highest BCUT2D eigenvalue weighted by molar-refractivity contribution is 7.09. The Balaban J connectivity index is 1.46. The van der Waals surface area contributed by atoms with E-state index in [9.17, 15) is 9.59 Å². The zero-order valence-corrected chi connectivity index (χ0v) is 17.6. The number of carboxylic acid groups (broad SMARTS) is 1. The Hall–Kier alpha value is -3.39. The second-order valence-corrected chi connectivity index (χ2v) is 8.35. The number of carbonyl (C=O) groups is 2. The highest BCUT2D eigenvalue weighted by Gasteiger charge is 2.22. The van der Waals surface area contributed by atoms with Crippen LogP contribution in [0.4, 0.5) is 5.82 Å². The Morgan fingerprint density at radius 1 is 1.10 bits per heavy atom. The highest BCUT2D eigenvalue weighted by Crippen LogP contribution is 2.31. The minimum absolute atomic E-state index is 0.0508. The third-order valence-corrected chi connectivity index (χ3v) is 5.71. The first-order valence-electron chi connectivity index (χ1n) is 10.0. The maximum Gasteiger partial charge on any atom is 0.337 e. The molecule has 0 unspecified atom stereocenters. The van der Waals surface area contributed by atoms with Crippen LogP contribution in [0.3, 0.4) is 0 Å². The largest absolute Gasteiger partial charge is 0.493 e. The lowest BCUT2D eigenvalue weighted by Gasteiger charge is -2.12. The monoisotopic (exact) mass is 438 g/mol. The van der Waals surface area contributed by atoms with Crippen molar-refractivity contribution in [2.24, 2.45) is 5.92 Å². The van der Waals surface area contributed by atoms with Crippen LogP contribution in [0, 0.1) is 5.92 Å². The van der Waals surface area contributed by atoms with E-state index in [0.717, 1.165) is 6.42 Å². The van der Waals surface area contributed by atoms with Crippen molar-refractivity contribution in [3.8, 4) is 11.5 Å². The fourth-order valence-corrected chi connectivity index (χ4v) is 3.57. The molecule has 1 saturated carbocycles. The third kappa shape index (κ3) is 6.05. The van der Waals surface area contributed by atoms with E-state index in [4.69, 9.17) is 14.6 Å². The van der Waals surface area contributed by atoms with Crippen LogP contribution in [0.2, 0.25) is 0 Å². The molecule has 160 valence electrons. The van der Waals surface area contributed by atoms with Gasteiger partial charge in [-0.3, -0.25) is 4.79 Å². The maximum atomic E-state index is 12.8. The number of hydrogen-bond acceptors (Lipinski definition) is 6. The topological polar surface area (TPSA) is 97.8 Å². The average molecular weight is 439 g/mol. The van der Waals surface area contributed by atoms with E-state index >= 15 is 0 Å². The fourth-order valence-electron chi connectivity index (χ4n) is 2.88. The number of anilines is 1. The molecule has 0 atom stereocenters. The molecule has 2 N–H and O–H groups in total. The van der Waals surface area contributed by atoms with Gasteiger partial charge in [-0.1, -0.05) is 6.07 Å². The summed E-state index contributed by atoms with van der Waals surface area (Å²) in [5, 5.41) is 13.7. The summed E-state index contributed by atoms with van der Waals surface area (Å²) in [5.74, 6) is 0.534. The molecule has 1 aliphatic carbocycles. The second-order valence-electron chi connectivity index (χ2n) is 7.32. The molecule has 1 amide bonds. The first-order valence-corrected chi connectivity index (χ1v) is 10.9. The van der Waals surface area contributed by atoms with E-state index in [1.807, 2.05) is 11.4 Å². The van der Waals surface area contributed by atoms with Crippen LogP contribution in [0.5, 0.6) is 11.5 Å². The van der Waals surface area contributed by atoms with Crippen molar-refractivity contribution < 1.29 is 24.2 Å². The Morgan fingerprint density at radius 2 is 1.90 bits per heavy atom. The number of ether oxygens (including phenoxy) is 2. The molecule has 8 heteroatoms. The molecule has 0 radical (unpaired) electrons. The number of hydrogen-bond donors (Lipinski definition) is 2. The van der Waals surface area contributed by atoms with E-state index < -0.39 is 5.97 Å².